The highest BCUT2D eigenvalue weighted by Crippen LogP contribution is 2.19. The summed E-state index contributed by atoms with van der Waals surface area (Å²) in [7, 11) is 0. The number of hydrogen-bond donors (Lipinski definition) is 0. The number of rotatable bonds is 5. The summed E-state index contributed by atoms with van der Waals surface area (Å²) in [5.41, 5.74) is 3.45. The van der Waals surface area contributed by atoms with Crippen LogP contribution in [-0.2, 0) is 4.79 Å². The van der Waals surface area contributed by atoms with E-state index in [4.69, 9.17) is 0 Å². The predicted molar refractivity (Wildman–Crippen MR) is 73.5 cm³/mol. The van der Waals surface area contributed by atoms with Gasteiger partial charge in [0.2, 0.25) is 5.91 Å². The number of aryl methyl sites for hydroxylation is 2. The lowest BCUT2D eigenvalue weighted by atomic mass is 10.1. The van der Waals surface area contributed by atoms with Crippen LogP contribution >= 0.6 is 0 Å². The molecule has 0 saturated carbocycles. The third kappa shape index (κ3) is 3.88. The van der Waals surface area contributed by atoms with Crippen molar-refractivity contribution in [3.63, 3.8) is 0 Å². The molecule has 0 aliphatic heterocycles. The second-order valence-corrected chi connectivity index (χ2v) is 4.59. The Balaban J connectivity index is 2.89. The minimum absolute atomic E-state index is 0.236. The molecular formula is C15H23NO. The number of benzene rings is 1. The topological polar surface area (TPSA) is 20.3 Å². The van der Waals surface area contributed by atoms with Crippen LogP contribution < -0.4 is 4.90 Å². The van der Waals surface area contributed by atoms with Crippen LogP contribution in [0, 0.1) is 13.8 Å². The van der Waals surface area contributed by atoms with E-state index < -0.39 is 0 Å². The molecule has 0 atom stereocenters. The minimum atomic E-state index is 0.236. The van der Waals surface area contributed by atoms with Crippen molar-refractivity contribution in [3.05, 3.63) is 29.3 Å². The smallest absolute Gasteiger partial charge is 0.226 e. The maximum atomic E-state index is 12.1. The Kier molecular flexibility index (Phi) is 5.20. The van der Waals surface area contributed by atoms with Gasteiger partial charge in [-0.15, -0.1) is 0 Å². The molecule has 0 N–H and O–H groups in total. The second kappa shape index (κ2) is 6.43. The maximum absolute atomic E-state index is 12.1. The van der Waals surface area contributed by atoms with Gasteiger partial charge in [-0.05, 0) is 50.5 Å². The van der Waals surface area contributed by atoms with Crippen molar-refractivity contribution in [2.75, 3.05) is 11.4 Å². The Labute approximate surface area is 105 Å². The van der Waals surface area contributed by atoms with Crippen molar-refractivity contribution < 1.29 is 4.79 Å². The summed E-state index contributed by atoms with van der Waals surface area (Å²) < 4.78 is 0. The van der Waals surface area contributed by atoms with Crippen LogP contribution in [-0.4, -0.2) is 12.5 Å². The molecule has 0 aliphatic carbocycles. The van der Waals surface area contributed by atoms with E-state index in [0.29, 0.717) is 6.42 Å². The second-order valence-electron chi connectivity index (χ2n) is 4.59. The van der Waals surface area contributed by atoms with Gasteiger partial charge in [-0.25, -0.2) is 0 Å². The zero-order valence-corrected chi connectivity index (χ0v) is 11.4. The van der Waals surface area contributed by atoms with Crippen LogP contribution in [0.3, 0.4) is 0 Å². The number of carbonyl (C=O) groups excluding carboxylic acids is 1. The summed E-state index contributed by atoms with van der Waals surface area (Å²) >= 11 is 0. The summed E-state index contributed by atoms with van der Waals surface area (Å²) in [4.78, 5) is 14.0. The molecule has 2 nitrogen and oxygen atoms in total. The lowest BCUT2D eigenvalue weighted by Gasteiger charge is -2.22. The number of anilines is 1. The number of hydrogen-bond acceptors (Lipinski definition) is 1. The number of nitrogens with zero attached hydrogens (tertiary/aromatic N) is 1. The monoisotopic (exact) mass is 233 g/mol. The van der Waals surface area contributed by atoms with Crippen LogP contribution in [0.1, 0.15) is 44.2 Å². The SMILES string of the molecule is CCCCC(=O)N(CC)c1cc(C)cc(C)c1. The standard InChI is InChI=1S/C15H23NO/c1-5-7-8-15(17)16(6-2)14-10-12(3)9-13(4)11-14/h9-11H,5-8H2,1-4H3. The van der Waals surface area contributed by atoms with Gasteiger partial charge < -0.3 is 4.90 Å². The fourth-order valence-corrected chi connectivity index (χ4v) is 2.07. The van der Waals surface area contributed by atoms with Gasteiger partial charge in [0.25, 0.3) is 0 Å². The fraction of sp³-hybridized carbons (Fsp3) is 0.533. The highest BCUT2D eigenvalue weighted by molar-refractivity contribution is 5.93. The van der Waals surface area contributed by atoms with Gasteiger partial charge in [0.05, 0.1) is 0 Å². The molecule has 0 bridgehead atoms. The van der Waals surface area contributed by atoms with Crippen molar-refractivity contribution >= 4 is 11.6 Å². The molecule has 0 heterocycles. The maximum Gasteiger partial charge on any atom is 0.226 e. The third-order valence-corrected chi connectivity index (χ3v) is 2.88. The third-order valence-electron chi connectivity index (χ3n) is 2.88. The summed E-state index contributed by atoms with van der Waals surface area (Å²) in [6.07, 6.45) is 2.69. The van der Waals surface area contributed by atoms with Crippen LogP contribution in [0.25, 0.3) is 0 Å². The molecule has 0 aliphatic rings. The van der Waals surface area contributed by atoms with Crippen molar-refractivity contribution in [3.8, 4) is 0 Å². The normalized spacial score (nSPS) is 10.4. The first kappa shape index (κ1) is 13.8. The molecule has 0 spiro atoms. The molecule has 0 aromatic heterocycles. The molecule has 0 radical (unpaired) electrons. The Morgan fingerprint density at radius 1 is 1.12 bits per heavy atom. The molecule has 1 aromatic carbocycles. The van der Waals surface area contributed by atoms with E-state index in [2.05, 4.69) is 39.0 Å². The largest absolute Gasteiger partial charge is 0.313 e. The van der Waals surface area contributed by atoms with Gasteiger partial charge in [-0.2, -0.15) is 0 Å². The first-order valence-corrected chi connectivity index (χ1v) is 6.47. The first-order chi connectivity index (χ1) is 8.08. The lowest BCUT2D eigenvalue weighted by molar-refractivity contribution is -0.118. The highest BCUT2D eigenvalue weighted by Gasteiger charge is 2.13. The summed E-state index contributed by atoms with van der Waals surface area (Å²) in [6, 6.07) is 6.30. The number of amides is 1. The molecule has 0 saturated heterocycles. The Bertz CT molecular complexity index is 364. The molecule has 1 amide bonds. The molecule has 0 fully saturated rings. The number of carbonyl (C=O) groups is 1. The van der Waals surface area contributed by atoms with Crippen LogP contribution in [0.4, 0.5) is 5.69 Å². The molecule has 94 valence electrons. The Morgan fingerprint density at radius 2 is 1.71 bits per heavy atom. The minimum Gasteiger partial charge on any atom is -0.313 e. The van der Waals surface area contributed by atoms with E-state index in [1.165, 1.54) is 11.1 Å². The molecule has 1 aromatic rings. The average molecular weight is 233 g/mol. The van der Waals surface area contributed by atoms with Crippen LogP contribution in [0.5, 0.6) is 0 Å². The van der Waals surface area contributed by atoms with Crippen molar-refractivity contribution in [1.82, 2.24) is 0 Å². The fourth-order valence-electron chi connectivity index (χ4n) is 2.07. The molecule has 1 rings (SSSR count). The van der Waals surface area contributed by atoms with Gasteiger partial charge in [-0.1, -0.05) is 19.4 Å². The molecule has 0 unspecified atom stereocenters. The average Bonchev–Trinajstić information content (AvgIpc) is 2.26. The molecule has 17 heavy (non-hydrogen) atoms. The predicted octanol–water partition coefficient (Wildman–Crippen LogP) is 3.85. The summed E-state index contributed by atoms with van der Waals surface area (Å²) in [5.74, 6) is 0.236. The van der Waals surface area contributed by atoms with Crippen molar-refractivity contribution in [2.45, 2.75) is 47.0 Å². The van der Waals surface area contributed by atoms with Gasteiger partial charge in [0.1, 0.15) is 0 Å². The van der Waals surface area contributed by atoms with Crippen LogP contribution in [0.2, 0.25) is 0 Å². The van der Waals surface area contributed by atoms with Gasteiger partial charge in [0, 0.05) is 18.7 Å². The van der Waals surface area contributed by atoms with Crippen LogP contribution in [0.15, 0.2) is 18.2 Å². The van der Waals surface area contributed by atoms with Gasteiger partial charge in [0.15, 0.2) is 0 Å². The Hall–Kier alpha value is -1.31. The van der Waals surface area contributed by atoms with E-state index in [1.807, 2.05) is 11.8 Å². The zero-order chi connectivity index (χ0) is 12.8. The summed E-state index contributed by atoms with van der Waals surface area (Å²) in [6.45, 7) is 9.02. The molecular weight excluding hydrogens is 210 g/mol. The van der Waals surface area contributed by atoms with Gasteiger partial charge >= 0.3 is 0 Å². The summed E-state index contributed by atoms with van der Waals surface area (Å²) in [5, 5.41) is 0. The van der Waals surface area contributed by atoms with E-state index in [-0.39, 0.29) is 5.91 Å². The highest BCUT2D eigenvalue weighted by atomic mass is 16.2. The quantitative estimate of drug-likeness (QED) is 0.756. The van der Waals surface area contributed by atoms with Crippen molar-refractivity contribution in [1.29, 1.82) is 0 Å². The molecule has 2 heteroatoms. The zero-order valence-electron chi connectivity index (χ0n) is 11.4. The van der Waals surface area contributed by atoms with Crippen molar-refractivity contribution in [2.24, 2.45) is 0 Å². The lowest BCUT2D eigenvalue weighted by Crippen LogP contribution is -2.30. The van der Waals surface area contributed by atoms with E-state index in [1.54, 1.807) is 0 Å². The number of unbranched alkanes of at least 4 members (excludes halogenated alkanes) is 1. The first-order valence-electron chi connectivity index (χ1n) is 6.47. The Morgan fingerprint density at radius 3 is 2.18 bits per heavy atom. The van der Waals surface area contributed by atoms with Gasteiger partial charge in [-0.3, -0.25) is 4.79 Å². The van der Waals surface area contributed by atoms with E-state index >= 15 is 0 Å². The van der Waals surface area contributed by atoms with E-state index in [9.17, 15) is 4.79 Å². The van der Waals surface area contributed by atoms with E-state index in [0.717, 1.165) is 25.1 Å².